The van der Waals surface area contributed by atoms with E-state index in [4.69, 9.17) is 24.1 Å². The quantitative estimate of drug-likeness (QED) is 0.0794. The van der Waals surface area contributed by atoms with E-state index in [0.717, 1.165) is 34.1 Å². The maximum absolute atomic E-state index is 14.7. The van der Waals surface area contributed by atoms with Gasteiger partial charge >= 0.3 is 23.9 Å². The minimum atomic E-state index is -1.36. The molecule has 49 heavy (non-hydrogen) atoms. The van der Waals surface area contributed by atoms with Gasteiger partial charge in [0, 0.05) is 40.8 Å². The second-order valence-electron chi connectivity index (χ2n) is 10.7. The Kier molecular flexibility index (Phi) is 11.3. The van der Waals surface area contributed by atoms with Gasteiger partial charge in [0.25, 0.3) is 0 Å². The molecule has 0 amide bonds. The number of halogens is 2. The molecular formula is C32H30F2N2O13. The molecule has 5 N–H and O–H groups in total. The highest BCUT2D eigenvalue weighted by molar-refractivity contribution is 6.03. The molecular weight excluding hydrogens is 658 g/mol. The summed E-state index contributed by atoms with van der Waals surface area (Å²) in [4.78, 5) is 59.7. The van der Waals surface area contributed by atoms with Crippen LogP contribution in [0.1, 0.15) is 5.56 Å². The fourth-order valence-corrected chi connectivity index (χ4v) is 5.22. The largest absolute Gasteiger partial charge is 0.505 e. The van der Waals surface area contributed by atoms with Gasteiger partial charge in [0.05, 0.1) is 32.0 Å². The predicted octanol–water partition coefficient (Wildman–Crippen LogP) is 2.70. The number of ether oxygens (including phenoxy) is 2. The first-order valence-corrected chi connectivity index (χ1v) is 14.4. The average Bonchev–Trinajstić information content (AvgIpc) is 2.99. The fraction of sp³-hybridized carbons (Fsp3) is 0.281. The second-order valence-corrected chi connectivity index (χ2v) is 10.7. The standard InChI is InChI=1S/C32H30F2N2O13/c1-16-17(31-18-8-20(33)23(37)10-25(18)49-26-11-24(38)21(34)9-19(26)31)2-3-22(36(14-29(43)44)15-30(45)46)32(16)48-7-6-47-5-4-35(12-27(39)40)13-28(41)42/h2-3,8-11,37H,4-7,12-15H2,1H3,(H,39,40)(H,41,42)(H,43,44)(H,45,46). The summed E-state index contributed by atoms with van der Waals surface area (Å²) < 4.78 is 46.5. The molecule has 0 atom stereocenters. The Morgan fingerprint density at radius 3 is 2.04 bits per heavy atom. The van der Waals surface area contributed by atoms with Gasteiger partial charge in [0.2, 0.25) is 5.43 Å². The van der Waals surface area contributed by atoms with Crippen LogP contribution in [0.25, 0.3) is 33.4 Å². The molecule has 0 bridgehead atoms. The van der Waals surface area contributed by atoms with Crippen molar-refractivity contribution in [3.05, 3.63) is 63.8 Å². The fourth-order valence-electron chi connectivity index (χ4n) is 5.22. The van der Waals surface area contributed by atoms with Gasteiger partial charge in [0.1, 0.15) is 36.8 Å². The molecule has 4 rings (SSSR count). The Hall–Kier alpha value is -5.81. The van der Waals surface area contributed by atoms with Gasteiger partial charge in [-0.05, 0) is 30.7 Å². The van der Waals surface area contributed by atoms with Crippen molar-refractivity contribution in [2.24, 2.45) is 0 Å². The van der Waals surface area contributed by atoms with Crippen LogP contribution in [0.5, 0.6) is 11.5 Å². The van der Waals surface area contributed by atoms with Gasteiger partial charge in [-0.25, -0.2) is 8.78 Å². The first kappa shape index (κ1) is 36.0. The van der Waals surface area contributed by atoms with Crippen LogP contribution >= 0.6 is 0 Å². The lowest BCUT2D eigenvalue weighted by Gasteiger charge is -2.27. The molecule has 0 fully saturated rings. The molecule has 0 aromatic heterocycles. The number of aliphatic carboxylic acids is 4. The number of anilines is 1. The zero-order valence-corrected chi connectivity index (χ0v) is 25.8. The number of hydrogen-bond acceptors (Lipinski definition) is 11. The minimum absolute atomic E-state index is 0.0239. The summed E-state index contributed by atoms with van der Waals surface area (Å²) in [5.41, 5.74) is -0.315. The van der Waals surface area contributed by atoms with Gasteiger partial charge in [0.15, 0.2) is 17.4 Å². The summed E-state index contributed by atoms with van der Waals surface area (Å²) in [6.45, 7) is -1.53. The van der Waals surface area contributed by atoms with E-state index in [1.54, 1.807) is 0 Å². The van der Waals surface area contributed by atoms with Crippen molar-refractivity contribution in [2.45, 2.75) is 6.92 Å². The van der Waals surface area contributed by atoms with E-state index in [1.165, 1.54) is 19.1 Å². The van der Waals surface area contributed by atoms with Crippen molar-refractivity contribution in [2.75, 3.05) is 57.4 Å². The molecule has 2 aromatic carbocycles. The molecule has 0 saturated carbocycles. The van der Waals surface area contributed by atoms with Gasteiger partial charge < -0.3 is 44.3 Å². The number of nitrogens with zero attached hydrogens (tertiary/aromatic N) is 2. The van der Waals surface area contributed by atoms with Gasteiger partial charge in [-0.1, -0.05) is 6.07 Å². The first-order valence-electron chi connectivity index (χ1n) is 14.4. The maximum atomic E-state index is 14.7. The number of fused-ring (bicyclic) bond motifs is 2. The molecule has 1 heterocycles. The van der Waals surface area contributed by atoms with Crippen molar-refractivity contribution >= 4 is 40.5 Å². The number of benzene rings is 3. The topological polar surface area (TPSA) is 225 Å². The molecule has 0 radical (unpaired) electrons. The number of hydrogen-bond donors (Lipinski definition) is 5. The number of aromatic hydroxyl groups is 1. The van der Waals surface area contributed by atoms with Crippen molar-refractivity contribution in [1.82, 2.24) is 4.90 Å². The van der Waals surface area contributed by atoms with E-state index in [0.29, 0.717) is 0 Å². The molecule has 17 heteroatoms. The lowest BCUT2D eigenvalue weighted by molar-refractivity contribution is -0.142. The highest BCUT2D eigenvalue weighted by Crippen LogP contribution is 2.46. The lowest BCUT2D eigenvalue weighted by atomic mass is 9.90. The molecule has 1 aliphatic carbocycles. The van der Waals surface area contributed by atoms with E-state index < -0.39 is 72.9 Å². The third-order valence-corrected chi connectivity index (χ3v) is 7.23. The third-order valence-electron chi connectivity index (χ3n) is 7.23. The molecule has 2 aliphatic rings. The first-order chi connectivity index (χ1) is 23.2. The van der Waals surface area contributed by atoms with Crippen LogP contribution < -0.4 is 15.1 Å². The number of carbonyl (C=O) groups is 4. The van der Waals surface area contributed by atoms with Crippen LogP contribution in [0.2, 0.25) is 0 Å². The Labute approximate surface area is 275 Å². The van der Waals surface area contributed by atoms with Crippen molar-refractivity contribution in [3.63, 3.8) is 0 Å². The normalized spacial score (nSPS) is 11.3. The Morgan fingerprint density at radius 2 is 1.43 bits per heavy atom. The molecule has 1 aliphatic heterocycles. The average molecular weight is 689 g/mol. The molecule has 0 unspecified atom stereocenters. The second kappa shape index (κ2) is 15.4. The zero-order chi connectivity index (χ0) is 36.0. The number of rotatable bonds is 17. The SMILES string of the molecule is Cc1c(-c2c3cc(F)c(=O)cc-3oc3cc(O)c(F)cc23)ccc(N(CC(=O)O)CC(=O)O)c1OCCOCCN(CC(=O)O)CC(=O)O. The summed E-state index contributed by atoms with van der Waals surface area (Å²) in [5, 5.41) is 47.1. The maximum Gasteiger partial charge on any atom is 0.323 e. The van der Waals surface area contributed by atoms with Crippen LogP contribution in [0.15, 0.2) is 45.6 Å². The van der Waals surface area contributed by atoms with Crippen molar-refractivity contribution in [3.8, 4) is 33.9 Å². The van der Waals surface area contributed by atoms with E-state index in [-0.39, 0.29) is 76.8 Å². The van der Waals surface area contributed by atoms with Gasteiger partial charge in [-0.15, -0.1) is 0 Å². The molecule has 15 nitrogen and oxygen atoms in total. The smallest absolute Gasteiger partial charge is 0.323 e. The van der Waals surface area contributed by atoms with Gasteiger partial charge in [-0.2, -0.15) is 0 Å². The molecule has 0 saturated heterocycles. The van der Waals surface area contributed by atoms with Crippen LogP contribution in [0, 0.1) is 18.6 Å². The van der Waals surface area contributed by atoms with Crippen LogP contribution in [-0.2, 0) is 23.9 Å². The molecule has 0 spiro atoms. The number of carboxylic acids is 4. The van der Waals surface area contributed by atoms with E-state index >= 15 is 0 Å². The minimum Gasteiger partial charge on any atom is -0.505 e. The number of phenols is 1. The summed E-state index contributed by atoms with van der Waals surface area (Å²) in [6.07, 6.45) is 0. The number of carboxylic acid groups (broad SMARTS) is 4. The highest BCUT2D eigenvalue weighted by atomic mass is 19.1. The third kappa shape index (κ3) is 8.76. The summed E-state index contributed by atoms with van der Waals surface area (Å²) >= 11 is 0. The summed E-state index contributed by atoms with van der Waals surface area (Å²) in [6, 6.07) is 6.54. The zero-order valence-electron chi connectivity index (χ0n) is 25.8. The van der Waals surface area contributed by atoms with E-state index in [1.807, 2.05) is 0 Å². The molecule has 2 aromatic rings. The predicted molar refractivity (Wildman–Crippen MR) is 166 cm³/mol. The monoisotopic (exact) mass is 688 g/mol. The van der Waals surface area contributed by atoms with Crippen molar-refractivity contribution in [1.29, 1.82) is 0 Å². The van der Waals surface area contributed by atoms with E-state index in [9.17, 15) is 48.1 Å². The van der Waals surface area contributed by atoms with Crippen LogP contribution in [-0.4, -0.2) is 107 Å². The highest BCUT2D eigenvalue weighted by Gasteiger charge is 2.26. The lowest BCUT2D eigenvalue weighted by Crippen LogP contribution is -2.37. The number of phenolic OH excluding ortho intramolecular Hbond substituents is 1. The summed E-state index contributed by atoms with van der Waals surface area (Å²) in [5.74, 6) is -8.23. The Balaban J connectivity index is 1.78. The van der Waals surface area contributed by atoms with Gasteiger partial charge in [-0.3, -0.25) is 28.9 Å². The van der Waals surface area contributed by atoms with Crippen LogP contribution in [0.4, 0.5) is 14.5 Å². The Bertz CT molecular complexity index is 1910. The van der Waals surface area contributed by atoms with Crippen molar-refractivity contribution < 1.29 is 67.4 Å². The van der Waals surface area contributed by atoms with E-state index in [2.05, 4.69) is 0 Å². The molecule has 260 valence electrons. The van der Waals surface area contributed by atoms with Crippen LogP contribution in [0.3, 0.4) is 0 Å². The summed E-state index contributed by atoms with van der Waals surface area (Å²) in [7, 11) is 0. The Morgan fingerprint density at radius 1 is 0.796 bits per heavy atom.